The van der Waals surface area contributed by atoms with Crippen molar-refractivity contribution >= 4 is 5.91 Å². The number of aromatic nitrogens is 4. The Balaban J connectivity index is 1.80. The Kier molecular flexibility index (Phi) is 4.41. The van der Waals surface area contributed by atoms with Crippen LogP contribution >= 0.6 is 0 Å². The van der Waals surface area contributed by atoms with Crippen LogP contribution in [0.15, 0.2) is 24.9 Å². The van der Waals surface area contributed by atoms with Crippen LogP contribution in [0.1, 0.15) is 60.5 Å². The minimum atomic E-state index is 0.0269. The van der Waals surface area contributed by atoms with Crippen LogP contribution in [0.25, 0.3) is 0 Å². The van der Waals surface area contributed by atoms with Crippen molar-refractivity contribution in [2.24, 2.45) is 0 Å². The largest absolute Gasteiger partial charge is 0.336 e. The van der Waals surface area contributed by atoms with Gasteiger partial charge in [0.2, 0.25) is 0 Å². The van der Waals surface area contributed by atoms with Gasteiger partial charge in [0.25, 0.3) is 5.91 Å². The first-order valence-corrected chi connectivity index (χ1v) is 8.16. The van der Waals surface area contributed by atoms with Gasteiger partial charge in [-0.05, 0) is 19.8 Å². The molecular weight excluding hydrogens is 290 g/mol. The van der Waals surface area contributed by atoms with E-state index in [2.05, 4.69) is 33.4 Å². The second kappa shape index (κ2) is 6.48. The maximum Gasteiger partial charge on any atom is 0.257 e. The highest BCUT2D eigenvalue weighted by Gasteiger charge is 2.28. The molecule has 1 atom stereocenters. The smallest absolute Gasteiger partial charge is 0.257 e. The zero-order valence-corrected chi connectivity index (χ0v) is 13.9. The van der Waals surface area contributed by atoms with E-state index in [1.54, 1.807) is 6.20 Å². The van der Waals surface area contributed by atoms with Crippen molar-refractivity contribution in [1.82, 2.24) is 24.4 Å². The van der Waals surface area contributed by atoms with E-state index in [4.69, 9.17) is 0 Å². The molecule has 1 amide bonds. The number of amides is 1. The summed E-state index contributed by atoms with van der Waals surface area (Å²) >= 11 is 0. The van der Waals surface area contributed by atoms with Gasteiger partial charge in [-0.15, -0.1) is 0 Å². The molecule has 0 aromatic carbocycles. The molecule has 6 heteroatoms. The van der Waals surface area contributed by atoms with Gasteiger partial charge in [0, 0.05) is 37.6 Å². The van der Waals surface area contributed by atoms with Crippen molar-refractivity contribution in [3.8, 4) is 0 Å². The maximum atomic E-state index is 12.8. The highest BCUT2D eigenvalue weighted by Crippen LogP contribution is 2.26. The van der Waals surface area contributed by atoms with Crippen LogP contribution in [-0.2, 0) is 0 Å². The third-order valence-electron chi connectivity index (χ3n) is 4.43. The lowest BCUT2D eigenvalue weighted by Crippen LogP contribution is -2.41. The van der Waals surface area contributed by atoms with Gasteiger partial charge in [-0.25, -0.2) is 15.0 Å². The summed E-state index contributed by atoms with van der Waals surface area (Å²) in [5, 5.41) is 0. The summed E-state index contributed by atoms with van der Waals surface area (Å²) in [6.07, 6.45) is 9.05. The Morgan fingerprint density at radius 3 is 2.91 bits per heavy atom. The van der Waals surface area contributed by atoms with Gasteiger partial charge in [-0.1, -0.05) is 13.8 Å². The van der Waals surface area contributed by atoms with Gasteiger partial charge in [0.15, 0.2) is 0 Å². The lowest BCUT2D eigenvalue weighted by molar-refractivity contribution is 0.0676. The molecule has 3 heterocycles. The highest BCUT2D eigenvalue weighted by atomic mass is 16.2. The molecular formula is C17H23N5O. The number of rotatable bonds is 3. The quantitative estimate of drug-likeness (QED) is 0.873. The Labute approximate surface area is 136 Å². The van der Waals surface area contributed by atoms with Crippen LogP contribution in [0.5, 0.6) is 0 Å². The molecule has 0 bridgehead atoms. The number of hydrogen-bond donors (Lipinski definition) is 0. The molecule has 1 saturated heterocycles. The summed E-state index contributed by atoms with van der Waals surface area (Å²) in [6.45, 7) is 7.65. The molecule has 0 spiro atoms. The fourth-order valence-corrected chi connectivity index (χ4v) is 3.22. The number of carbonyl (C=O) groups is 1. The molecule has 2 aromatic rings. The van der Waals surface area contributed by atoms with Crippen LogP contribution in [0, 0.1) is 6.92 Å². The van der Waals surface area contributed by atoms with Crippen LogP contribution < -0.4 is 0 Å². The number of imidazole rings is 1. The topological polar surface area (TPSA) is 63.9 Å². The Morgan fingerprint density at radius 1 is 1.35 bits per heavy atom. The van der Waals surface area contributed by atoms with E-state index in [-0.39, 0.29) is 11.9 Å². The first kappa shape index (κ1) is 15.6. The van der Waals surface area contributed by atoms with E-state index >= 15 is 0 Å². The van der Waals surface area contributed by atoms with Crippen LogP contribution in [0.3, 0.4) is 0 Å². The summed E-state index contributed by atoms with van der Waals surface area (Å²) in [7, 11) is 0. The number of nitrogens with zero attached hydrogens (tertiary/aromatic N) is 5. The second-order valence-electron chi connectivity index (χ2n) is 6.42. The molecule has 1 aliphatic rings. The van der Waals surface area contributed by atoms with Gasteiger partial charge >= 0.3 is 0 Å². The molecule has 0 unspecified atom stereocenters. The highest BCUT2D eigenvalue weighted by molar-refractivity contribution is 5.94. The molecule has 0 radical (unpaired) electrons. The summed E-state index contributed by atoms with van der Waals surface area (Å²) < 4.78 is 2.23. The molecule has 6 nitrogen and oxygen atoms in total. The third kappa shape index (κ3) is 3.11. The molecule has 23 heavy (non-hydrogen) atoms. The number of hydrogen-bond acceptors (Lipinski definition) is 4. The molecule has 3 rings (SSSR count). The molecule has 122 valence electrons. The second-order valence-corrected chi connectivity index (χ2v) is 6.42. The van der Waals surface area contributed by atoms with Crippen LogP contribution in [-0.4, -0.2) is 43.4 Å². The number of piperidine rings is 1. The average molecular weight is 313 g/mol. The van der Waals surface area contributed by atoms with E-state index in [9.17, 15) is 4.79 Å². The predicted molar refractivity (Wildman–Crippen MR) is 87.3 cm³/mol. The van der Waals surface area contributed by atoms with Crippen molar-refractivity contribution in [3.05, 3.63) is 42.0 Å². The number of carbonyl (C=O) groups excluding carboxylic acids is 1. The lowest BCUT2D eigenvalue weighted by atomic mass is 10.0. The van der Waals surface area contributed by atoms with Crippen LogP contribution in [0.4, 0.5) is 0 Å². The number of likely N-dealkylation sites (tertiary alicyclic amines) is 1. The summed E-state index contributed by atoms with van der Waals surface area (Å²) in [5.41, 5.74) is 1.33. The summed E-state index contributed by atoms with van der Waals surface area (Å²) in [6, 6.07) is 0.289. The first-order chi connectivity index (χ1) is 11.1. The van der Waals surface area contributed by atoms with Crippen molar-refractivity contribution in [3.63, 3.8) is 0 Å². The molecule has 1 aliphatic heterocycles. The fraction of sp³-hybridized carbons (Fsp3) is 0.529. The zero-order chi connectivity index (χ0) is 16.4. The van der Waals surface area contributed by atoms with E-state index in [0.29, 0.717) is 18.0 Å². The Hall–Kier alpha value is -2.24. The monoisotopic (exact) mass is 313 g/mol. The third-order valence-corrected chi connectivity index (χ3v) is 4.43. The summed E-state index contributed by atoms with van der Waals surface area (Å²) in [4.78, 5) is 27.3. The Bertz CT molecular complexity index is 694. The van der Waals surface area contributed by atoms with Crippen molar-refractivity contribution in [1.29, 1.82) is 0 Å². The van der Waals surface area contributed by atoms with E-state index in [0.717, 1.165) is 30.9 Å². The molecule has 2 aromatic heterocycles. The zero-order valence-electron chi connectivity index (χ0n) is 13.9. The van der Waals surface area contributed by atoms with Crippen molar-refractivity contribution in [2.75, 3.05) is 13.1 Å². The van der Waals surface area contributed by atoms with Crippen molar-refractivity contribution in [2.45, 2.75) is 45.6 Å². The fourth-order valence-electron chi connectivity index (χ4n) is 3.22. The van der Waals surface area contributed by atoms with Crippen LogP contribution in [0.2, 0.25) is 0 Å². The Morgan fingerprint density at radius 2 is 2.17 bits per heavy atom. The maximum absolute atomic E-state index is 12.8. The molecule has 0 N–H and O–H groups in total. The van der Waals surface area contributed by atoms with Gasteiger partial charge in [0.1, 0.15) is 12.2 Å². The lowest BCUT2D eigenvalue weighted by Gasteiger charge is -2.34. The minimum Gasteiger partial charge on any atom is -0.336 e. The SMILES string of the molecule is Cc1ncncc1C(=O)N1CCC[C@@H](n2ccnc2C(C)C)C1. The molecule has 0 aliphatic carbocycles. The standard InChI is InChI=1S/C17H23N5O/c1-12(2)16-19-6-8-22(16)14-5-4-7-21(10-14)17(23)15-9-18-11-20-13(15)3/h6,8-9,11-12,14H,4-5,7,10H2,1-3H3/t14-/m1/s1. The normalized spacial score (nSPS) is 18.4. The van der Waals surface area contributed by atoms with E-state index in [1.807, 2.05) is 24.2 Å². The van der Waals surface area contributed by atoms with Gasteiger partial charge in [0.05, 0.1) is 17.3 Å². The molecule has 1 fully saturated rings. The van der Waals surface area contributed by atoms with Gasteiger partial charge in [-0.3, -0.25) is 4.79 Å². The van der Waals surface area contributed by atoms with Crippen molar-refractivity contribution < 1.29 is 4.79 Å². The first-order valence-electron chi connectivity index (χ1n) is 8.16. The average Bonchev–Trinajstić information content (AvgIpc) is 3.05. The van der Waals surface area contributed by atoms with Gasteiger partial charge < -0.3 is 9.47 Å². The summed E-state index contributed by atoms with van der Waals surface area (Å²) in [5.74, 6) is 1.49. The molecule has 0 saturated carbocycles. The predicted octanol–water partition coefficient (Wildman–Crippen LogP) is 2.58. The van der Waals surface area contributed by atoms with E-state index in [1.165, 1.54) is 6.33 Å². The minimum absolute atomic E-state index is 0.0269. The van der Waals surface area contributed by atoms with Gasteiger partial charge in [-0.2, -0.15) is 0 Å². The van der Waals surface area contributed by atoms with E-state index < -0.39 is 0 Å². The number of aryl methyl sites for hydroxylation is 1.